The maximum absolute atomic E-state index is 10.9. The van der Waals surface area contributed by atoms with Gasteiger partial charge >= 0.3 is 6.09 Å². The zero-order valence-electron chi connectivity index (χ0n) is 6.84. The predicted molar refractivity (Wildman–Crippen MR) is 37.8 cm³/mol. The Balaban J connectivity index is 2.85. The van der Waals surface area contributed by atoms with Crippen LogP contribution in [0.1, 0.15) is 20.8 Å². The van der Waals surface area contributed by atoms with E-state index in [1.54, 1.807) is 11.9 Å². The second kappa shape index (κ2) is 1.87. The molecule has 0 aromatic carbocycles. The van der Waals surface area contributed by atoms with Crippen molar-refractivity contribution in [2.75, 3.05) is 7.05 Å². The first-order chi connectivity index (χ1) is 4.46. The summed E-state index contributed by atoms with van der Waals surface area (Å²) in [6.45, 7) is 5.88. The van der Waals surface area contributed by atoms with E-state index >= 15 is 0 Å². The van der Waals surface area contributed by atoms with Gasteiger partial charge in [0, 0.05) is 7.05 Å². The molecule has 0 aromatic heterocycles. The van der Waals surface area contributed by atoms with Gasteiger partial charge in [-0.1, -0.05) is 0 Å². The maximum Gasteiger partial charge on any atom is 0.410 e. The molecule has 3 nitrogen and oxygen atoms in total. The molecule has 0 saturated carbocycles. The Bertz CT molecular complexity index is 165. The molecule has 0 spiro atoms. The summed E-state index contributed by atoms with van der Waals surface area (Å²) in [6.07, 6.45) is -0.234. The predicted octanol–water partition coefficient (Wildman–Crippen LogP) is 1.24. The molecule has 1 aliphatic heterocycles. The van der Waals surface area contributed by atoms with Crippen LogP contribution in [0.3, 0.4) is 0 Å². The van der Waals surface area contributed by atoms with Crippen LogP contribution in [0.25, 0.3) is 0 Å². The minimum Gasteiger partial charge on any atom is -0.444 e. The molecule has 0 N–H and O–H groups in total. The average molecular weight is 143 g/mol. The summed E-state index contributed by atoms with van der Waals surface area (Å²) < 4.78 is 4.98. The van der Waals surface area contributed by atoms with Gasteiger partial charge in [0.1, 0.15) is 6.10 Å². The average Bonchev–Trinajstić information content (AvgIpc) is 1.97. The molecule has 3 heteroatoms. The Kier molecular flexibility index (Phi) is 1.38. The Hall–Kier alpha value is -0.730. The number of carbonyl (C=O) groups is 1. The van der Waals surface area contributed by atoms with Gasteiger partial charge in [-0.3, -0.25) is 0 Å². The Morgan fingerprint density at radius 1 is 1.60 bits per heavy atom. The molecular formula is C7H13NO2. The SMILES string of the molecule is CC1OC(=O)N(C)C1(C)C. The third-order valence-electron chi connectivity index (χ3n) is 2.41. The zero-order chi connectivity index (χ0) is 7.94. The Morgan fingerprint density at radius 3 is 2.20 bits per heavy atom. The van der Waals surface area contributed by atoms with E-state index in [0.29, 0.717) is 0 Å². The molecule has 1 heterocycles. The van der Waals surface area contributed by atoms with Crippen molar-refractivity contribution in [2.24, 2.45) is 0 Å². The van der Waals surface area contributed by atoms with E-state index in [1.807, 2.05) is 20.8 Å². The van der Waals surface area contributed by atoms with Crippen molar-refractivity contribution in [3.05, 3.63) is 0 Å². The summed E-state index contributed by atoms with van der Waals surface area (Å²) in [6, 6.07) is 0. The van der Waals surface area contributed by atoms with E-state index < -0.39 is 0 Å². The van der Waals surface area contributed by atoms with Crippen molar-refractivity contribution in [1.29, 1.82) is 0 Å². The molecule has 1 rings (SSSR count). The van der Waals surface area contributed by atoms with Crippen LogP contribution in [-0.4, -0.2) is 29.7 Å². The molecule has 1 amide bonds. The van der Waals surface area contributed by atoms with Crippen molar-refractivity contribution < 1.29 is 9.53 Å². The van der Waals surface area contributed by atoms with Crippen molar-refractivity contribution in [2.45, 2.75) is 32.4 Å². The van der Waals surface area contributed by atoms with Crippen LogP contribution in [0, 0.1) is 0 Å². The summed E-state index contributed by atoms with van der Waals surface area (Å²) in [5.41, 5.74) is -0.156. The minimum atomic E-state index is -0.225. The van der Waals surface area contributed by atoms with Gasteiger partial charge in [-0.15, -0.1) is 0 Å². The summed E-state index contributed by atoms with van der Waals surface area (Å²) in [4.78, 5) is 12.5. The van der Waals surface area contributed by atoms with E-state index in [-0.39, 0.29) is 17.7 Å². The van der Waals surface area contributed by atoms with Crippen molar-refractivity contribution in [3.8, 4) is 0 Å². The van der Waals surface area contributed by atoms with Crippen LogP contribution in [0.15, 0.2) is 0 Å². The Labute approximate surface area is 61.0 Å². The zero-order valence-corrected chi connectivity index (χ0v) is 6.84. The van der Waals surface area contributed by atoms with E-state index in [9.17, 15) is 4.79 Å². The second-order valence-electron chi connectivity index (χ2n) is 3.24. The minimum absolute atomic E-state index is 0.00926. The fourth-order valence-corrected chi connectivity index (χ4v) is 0.882. The standard InChI is InChI=1S/C7H13NO2/c1-5-7(2,3)8(4)6(9)10-5/h5H,1-4H3. The quantitative estimate of drug-likeness (QED) is 0.510. The lowest BCUT2D eigenvalue weighted by molar-refractivity contribution is 0.129. The first-order valence-electron chi connectivity index (χ1n) is 3.40. The summed E-state index contributed by atoms with van der Waals surface area (Å²) in [7, 11) is 1.76. The molecule has 0 bridgehead atoms. The first kappa shape index (κ1) is 7.38. The highest BCUT2D eigenvalue weighted by Crippen LogP contribution is 2.27. The number of likely N-dealkylation sites (N-methyl/N-ethyl adjacent to an activating group) is 1. The molecule has 1 unspecified atom stereocenters. The molecule has 0 radical (unpaired) electrons. The van der Waals surface area contributed by atoms with Gasteiger partial charge in [-0.25, -0.2) is 4.79 Å². The highest BCUT2D eigenvalue weighted by molar-refractivity contribution is 5.71. The van der Waals surface area contributed by atoms with Crippen molar-refractivity contribution in [3.63, 3.8) is 0 Å². The summed E-state index contributed by atoms with van der Waals surface area (Å²) >= 11 is 0. The molecule has 1 atom stereocenters. The van der Waals surface area contributed by atoms with Crippen LogP contribution in [0.2, 0.25) is 0 Å². The molecule has 0 aromatic rings. The second-order valence-corrected chi connectivity index (χ2v) is 3.24. The van der Waals surface area contributed by atoms with Gasteiger partial charge in [0.2, 0.25) is 0 Å². The highest BCUT2D eigenvalue weighted by Gasteiger charge is 2.43. The van der Waals surface area contributed by atoms with Crippen molar-refractivity contribution >= 4 is 6.09 Å². The van der Waals surface area contributed by atoms with Crippen LogP contribution in [0.5, 0.6) is 0 Å². The largest absolute Gasteiger partial charge is 0.444 e. The number of amides is 1. The number of cyclic esters (lactones) is 1. The Morgan fingerprint density at radius 2 is 2.10 bits per heavy atom. The van der Waals surface area contributed by atoms with Gasteiger partial charge < -0.3 is 9.64 Å². The maximum atomic E-state index is 10.9. The van der Waals surface area contributed by atoms with Gasteiger partial charge in [0.15, 0.2) is 0 Å². The lowest BCUT2D eigenvalue weighted by atomic mass is 9.99. The molecule has 10 heavy (non-hydrogen) atoms. The van der Waals surface area contributed by atoms with E-state index in [1.165, 1.54) is 0 Å². The third kappa shape index (κ3) is 0.770. The molecule has 58 valence electrons. The normalized spacial score (nSPS) is 30.6. The van der Waals surface area contributed by atoms with E-state index in [4.69, 9.17) is 4.74 Å². The fraction of sp³-hybridized carbons (Fsp3) is 0.857. The van der Waals surface area contributed by atoms with Gasteiger partial charge in [-0.05, 0) is 20.8 Å². The molecular weight excluding hydrogens is 130 g/mol. The smallest absolute Gasteiger partial charge is 0.410 e. The number of carbonyl (C=O) groups excluding carboxylic acids is 1. The van der Waals surface area contributed by atoms with E-state index in [0.717, 1.165) is 0 Å². The fourth-order valence-electron chi connectivity index (χ4n) is 0.882. The first-order valence-corrected chi connectivity index (χ1v) is 3.40. The van der Waals surface area contributed by atoms with Crippen LogP contribution in [0.4, 0.5) is 4.79 Å². The van der Waals surface area contributed by atoms with Crippen LogP contribution < -0.4 is 0 Å². The topological polar surface area (TPSA) is 29.5 Å². The molecule has 1 fully saturated rings. The molecule has 1 aliphatic rings. The lowest BCUT2D eigenvalue weighted by Crippen LogP contribution is -2.42. The lowest BCUT2D eigenvalue weighted by Gasteiger charge is -2.26. The van der Waals surface area contributed by atoms with Gasteiger partial charge in [0.25, 0.3) is 0 Å². The van der Waals surface area contributed by atoms with Gasteiger partial charge in [-0.2, -0.15) is 0 Å². The van der Waals surface area contributed by atoms with Crippen molar-refractivity contribution in [1.82, 2.24) is 4.90 Å². The number of hydrogen-bond acceptors (Lipinski definition) is 2. The van der Waals surface area contributed by atoms with Crippen LogP contribution >= 0.6 is 0 Å². The summed E-state index contributed by atoms with van der Waals surface area (Å²) in [5, 5.41) is 0. The highest BCUT2D eigenvalue weighted by atomic mass is 16.6. The third-order valence-corrected chi connectivity index (χ3v) is 2.41. The molecule has 0 aliphatic carbocycles. The number of ether oxygens (including phenoxy) is 1. The van der Waals surface area contributed by atoms with E-state index in [2.05, 4.69) is 0 Å². The summed E-state index contributed by atoms with van der Waals surface area (Å²) in [5.74, 6) is 0. The van der Waals surface area contributed by atoms with Gasteiger partial charge in [0.05, 0.1) is 5.54 Å². The molecule has 1 saturated heterocycles. The number of nitrogens with zero attached hydrogens (tertiary/aromatic N) is 1. The monoisotopic (exact) mass is 143 g/mol. The van der Waals surface area contributed by atoms with Crippen LogP contribution in [-0.2, 0) is 4.74 Å². The number of hydrogen-bond donors (Lipinski definition) is 0. The number of rotatable bonds is 0.